The van der Waals surface area contributed by atoms with Crippen LogP contribution in [-0.4, -0.2) is 45.9 Å². The number of rotatable bonds is 8. The van der Waals surface area contributed by atoms with Crippen LogP contribution in [0.25, 0.3) is 0 Å². The lowest BCUT2D eigenvalue weighted by Gasteiger charge is -2.12. The van der Waals surface area contributed by atoms with E-state index in [-0.39, 0.29) is 12.5 Å². The van der Waals surface area contributed by atoms with Crippen molar-refractivity contribution in [1.29, 1.82) is 0 Å². The molecule has 0 fully saturated rings. The predicted octanol–water partition coefficient (Wildman–Crippen LogP) is 1.90. The third-order valence-corrected chi connectivity index (χ3v) is 3.81. The monoisotopic (exact) mass is 385 g/mol. The molecule has 2 amide bonds. The van der Waals surface area contributed by atoms with Gasteiger partial charge in [0.15, 0.2) is 11.5 Å². The maximum Gasteiger partial charge on any atom is 0.259 e. The fraction of sp³-hybridized carbons (Fsp3) is 0.250. The number of methoxy groups -OCH3 is 3. The van der Waals surface area contributed by atoms with Crippen molar-refractivity contribution in [2.45, 2.75) is 6.92 Å². The van der Waals surface area contributed by atoms with E-state index in [0.717, 1.165) is 5.56 Å². The molecule has 0 aromatic heterocycles. The van der Waals surface area contributed by atoms with Crippen LogP contribution in [0.5, 0.6) is 17.2 Å². The molecule has 2 aromatic rings. The highest BCUT2D eigenvalue weighted by Crippen LogP contribution is 2.37. The van der Waals surface area contributed by atoms with Crippen LogP contribution in [0, 0.1) is 6.92 Å². The topological polar surface area (TPSA) is 98.2 Å². The van der Waals surface area contributed by atoms with E-state index >= 15 is 0 Å². The molecule has 0 aliphatic heterocycles. The molecule has 0 aliphatic carbocycles. The second-order valence-corrected chi connectivity index (χ2v) is 5.80. The summed E-state index contributed by atoms with van der Waals surface area (Å²) < 4.78 is 15.8. The van der Waals surface area contributed by atoms with Gasteiger partial charge in [-0.2, -0.15) is 5.10 Å². The fourth-order valence-electron chi connectivity index (χ4n) is 2.36. The van der Waals surface area contributed by atoms with Crippen LogP contribution < -0.4 is 25.0 Å². The summed E-state index contributed by atoms with van der Waals surface area (Å²) in [7, 11) is 4.53. The molecular weight excluding hydrogens is 362 g/mol. The smallest absolute Gasteiger partial charge is 0.259 e. The molecule has 0 unspecified atom stereocenters. The van der Waals surface area contributed by atoms with Crippen molar-refractivity contribution in [3.8, 4) is 17.2 Å². The van der Waals surface area contributed by atoms with Crippen LogP contribution in [0.3, 0.4) is 0 Å². The number of hydrogen-bond donors (Lipinski definition) is 2. The molecule has 8 heteroatoms. The molecule has 0 bridgehead atoms. The number of ether oxygens (including phenoxy) is 3. The Bertz CT molecular complexity index is 838. The molecule has 0 heterocycles. The van der Waals surface area contributed by atoms with Crippen molar-refractivity contribution in [3.05, 3.63) is 53.1 Å². The molecule has 0 spiro atoms. The standard InChI is InChI=1S/C20H23N3O5/c1-13-5-7-15(8-6-13)20(25)21-12-18(24)23-22-11-14-9-16(26-2)19(28-4)17(10-14)27-3/h5-11H,12H2,1-4H3,(H,21,25)(H,23,24)/b22-11-. The van der Waals surface area contributed by atoms with Crippen LogP contribution in [0.2, 0.25) is 0 Å². The summed E-state index contributed by atoms with van der Waals surface area (Å²) in [6.45, 7) is 1.74. The number of nitrogens with zero attached hydrogens (tertiary/aromatic N) is 1. The van der Waals surface area contributed by atoms with Gasteiger partial charge < -0.3 is 19.5 Å². The summed E-state index contributed by atoms with van der Waals surface area (Å²) in [5.74, 6) is 0.623. The van der Waals surface area contributed by atoms with E-state index in [9.17, 15) is 9.59 Å². The van der Waals surface area contributed by atoms with Crippen LogP contribution in [0.4, 0.5) is 0 Å². The Labute approximate surface area is 163 Å². The Morgan fingerprint density at radius 2 is 1.61 bits per heavy atom. The Kier molecular flexibility index (Phi) is 7.38. The van der Waals surface area contributed by atoms with Gasteiger partial charge in [-0.15, -0.1) is 0 Å². The highest BCUT2D eigenvalue weighted by molar-refractivity contribution is 5.96. The Morgan fingerprint density at radius 1 is 1.00 bits per heavy atom. The first-order chi connectivity index (χ1) is 13.5. The summed E-state index contributed by atoms with van der Waals surface area (Å²) in [6.07, 6.45) is 1.43. The zero-order valence-corrected chi connectivity index (χ0v) is 16.2. The van der Waals surface area contributed by atoms with Crippen LogP contribution in [0.15, 0.2) is 41.5 Å². The number of amides is 2. The predicted molar refractivity (Wildman–Crippen MR) is 105 cm³/mol. The number of carbonyl (C=O) groups excluding carboxylic acids is 2. The molecule has 148 valence electrons. The quantitative estimate of drug-likeness (QED) is 0.534. The number of benzene rings is 2. The SMILES string of the molecule is COc1cc(/C=N\NC(=O)CNC(=O)c2ccc(C)cc2)cc(OC)c1OC. The third kappa shape index (κ3) is 5.47. The van der Waals surface area contributed by atoms with E-state index in [0.29, 0.717) is 28.4 Å². The molecule has 28 heavy (non-hydrogen) atoms. The molecule has 0 saturated carbocycles. The summed E-state index contributed by atoms with van der Waals surface area (Å²) in [4.78, 5) is 23.8. The number of nitrogens with one attached hydrogen (secondary N) is 2. The van der Waals surface area contributed by atoms with Crippen molar-refractivity contribution < 1.29 is 23.8 Å². The summed E-state index contributed by atoms with van der Waals surface area (Å²) in [5, 5.41) is 6.42. The van der Waals surface area contributed by atoms with E-state index in [4.69, 9.17) is 14.2 Å². The minimum absolute atomic E-state index is 0.195. The van der Waals surface area contributed by atoms with E-state index < -0.39 is 5.91 Å². The minimum atomic E-state index is -0.454. The van der Waals surface area contributed by atoms with Gasteiger partial charge >= 0.3 is 0 Å². The van der Waals surface area contributed by atoms with Gasteiger partial charge in [0.2, 0.25) is 5.75 Å². The van der Waals surface area contributed by atoms with E-state index in [1.807, 2.05) is 19.1 Å². The molecule has 8 nitrogen and oxygen atoms in total. The van der Waals surface area contributed by atoms with E-state index in [1.165, 1.54) is 27.5 Å². The number of hydrogen-bond acceptors (Lipinski definition) is 6. The number of carbonyl (C=O) groups is 2. The second kappa shape index (κ2) is 9.96. The normalized spacial score (nSPS) is 10.4. The molecule has 0 saturated heterocycles. The van der Waals surface area contributed by atoms with E-state index in [2.05, 4.69) is 15.8 Å². The van der Waals surface area contributed by atoms with Crippen LogP contribution in [-0.2, 0) is 4.79 Å². The second-order valence-electron chi connectivity index (χ2n) is 5.80. The Morgan fingerprint density at radius 3 is 2.14 bits per heavy atom. The highest BCUT2D eigenvalue weighted by Gasteiger charge is 2.12. The zero-order valence-electron chi connectivity index (χ0n) is 16.2. The molecule has 2 aromatic carbocycles. The number of hydrazone groups is 1. The molecule has 2 N–H and O–H groups in total. The average Bonchev–Trinajstić information content (AvgIpc) is 2.71. The maximum absolute atomic E-state index is 12.0. The third-order valence-electron chi connectivity index (χ3n) is 3.81. The Balaban J connectivity index is 1.92. The fourth-order valence-corrected chi connectivity index (χ4v) is 2.36. The van der Waals surface area contributed by atoms with Gasteiger partial charge in [-0.25, -0.2) is 5.43 Å². The first kappa shape index (κ1) is 20.8. The minimum Gasteiger partial charge on any atom is -0.493 e. The first-order valence-electron chi connectivity index (χ1n) is 8.45. The summed E-state index contributed by atoms with van der Waals surface area (Å²) >= 11 is 0. The molecule has 0 radical (unpaired) electrons. The van der Waals surface area contributed by atoms with Gasteiger partial charge in [-0.3, -0.25) is 9.59 Å². The lowest BCUT2D eigenvalue weighted by molar-refractivity contribution is -0.120. The van der Waals surface area contributed by atoms with Gasteiger partial charge in [0, 0.05) is 11.1 Å². The molecular formula is C20H23N3O5. The van der Waals surface area contributed by atoms with Gasteiger partial charge in [0.05, 0.1) is 34.1 Å². The van der Waals surface area contributed by atoms with E-state index in [1.54, 1.807) is 24.3 Å². The van der Waals surface area contributed by atoms with Gasteiger partial charge in [0.1, 0.15) is 0 Å². The highest BCUT2D eigenvalue weighted by atomic mass is 16.5. The summed E-state index contributed by atoms with van der Waals surface area (Å²) in [6, 6.07) is 10.4. The van der Waals surface area contributed by atoms with Gasteiger partial charge in [0.25, 0.3) is 11.8 Å². The van der Waals surface area contributed by atoms with Gasteiger partial charge in [-0.05, 0) is 31.2 Å². The lowest BCUT2D eigenvalue weighted by Crippen LogP contribution is -2.34. The number of aryl methyl sites for hydroxylation is 1. The van der Waals surface area contributed by atoms with Crippen LogP contribution in [0.1, 0.15) is 21.5 Å². The first-order valence-corrected chi connectivity index (χ1v) is 8.45. The molecule has 0 atom stereocenters. The van der Waals surface area contributed by atoms with Crippen molar-refractivity contribution in [2.24, 2.45) is 5.10 Å². The van der Waals surface area contributed by atoms with Crippen molar-refractivity contribution in [2.75, 3.05) is 27.9 Å². The van der Waals surface area contributed by atoms with Crippen LogP contribution >= 0.6 is 0 Å². The average molecular weight is 385 g/mol. The zero-order chi connectivity index (χ0) is 20.5. The lowest BCUT2D eigenvalue weighted by atomic mass is 10.1. The summed E-state index contributed by atoms with van der Waals surface area (Å²) in [5.41, 5.74) is 4.53. The van der Waals surface area contributed by atoms with Gasteiger partial charge in [-0.1, -0.05) is 17.7 Å². The van der Waals surface area contributed by atoms with Crippen molar-refractivity contribution in [1.82, 2.24) is 10.7 Å². The van der Waals surface area contributed by atoms with Crippen molar-refractivity contribution >= 4 is 18.0 Å². The largest absolute Gasteiger partial charge is 0.493 e. The maximum atomic E-state index is 12.0. The Hall–Kier alpha value is -3.55. The molecule has 2 rings (SSSR count). The van der Waals surface area contributed by atoms with Crippen molar-refractivity contribution in [3.63, 3.8) is 0 Å². The molecule has 0 aliphatic rings.